The lowest BCUT2D eigenvalue weighted by Gasteiger charge is -2.12. The number of allylic oxidation sites excluding steroid dienone is 2. The molecule has 5 heteroatoms. The van der Waals surface area contributed by atoms with Gasteiger partial charge in [0.1, 0.15) is 6.54 Å². The number of anilines is 1. The first kappa shape index (κ1) is 19.2. The second-order valence-electron chi connectivity index (χ2n) is 8.56. The average molecular weight is 367 g/mol. The topological polar surface area (TPSA) is 54.3 Å². The average Bonchev–Trinajstić information content (AvgIpc) is 2.91. The van der Waals surface area contributed by atoms with Crippen molar-refractivity contribution in [1.29, 1.82) is 0 Å². The van der Waals surface area contributed by atoms with Gasteiger partial charge in [0.15, 0.2) is 0 Å². The fourth-order valence-corrected chi connectivity index (χ4v) is 3.77. The minimum absolute atomic E-state index is 0.00131. The molecule has 1 aliphatic rings. The van der Waals surface area contributed by atoms with Crippen molar-refractivity contribution in [3.05, 3.63) is 42.1 Å². The van der Waals surface area contributed by atoms with E-state index in [1.807, 2.05) is 35.0 Å². The molecule has 1 fully saturated rings. The highest BCUT2D eigenvalue weighted by atomic mass is 16.2. The highest BCUT2D eigenvalue weighted by Gasteiger charge is 2.60. The van der Waals surface area contributed by atoms with Crippen LogP contribution in [-0.4, -0.2) is 35.4 Å². The molecule has 27 heavy (non-hydrogen) atoms. The number of hydrogen-bond donors (Lipinski definition) is 1. The predicted molar refractivity (Wildman–Crippen MR) is 109 cm³/mol. The number of hydrogen-bond acceptors (Lipinski definition) is 2. The van der Waals surface area contributed by atoms with Crippen LogP contribution in [0, 0.1) is 17.3 Å². The van der Waals surface area contributed by atoms with Crippen LogP contribution in [0.2, 0.25) is 0 Å². The van der Waals surface area contributed by atoms with Crippen LogP contribution in [0.1, 0.15) is 27.7 Å². The molecule has 0 unspecified atom stereocenters. The van der Waals surface area contributed by atoms with Gasteiger partial charge < -0.3 is 14.8 Å². The molecule has 1 saturated carbocycles. The van der Waals surface area contributed by atoms with Gasteiger partial charge in [-0.1, -0.05) is 25.5 Å². The van der Waals surface area contributed by atoms with Crippen molar-refractivity contribution >= 4 is 28.4 Å². The summed E-state index contributed by atoms with van der Waals surface area (Å²) in [4.78, 5) is 26.3. The fraction of sp³-hybridized carbons (Fsp3) is 0.455. The van der Waals surface area contributed by atoms with Crippen molar-refractivity contribution in [3.63, 3.8) is 0 Å². The zero-order valence-electron chi connectivity index (χ0n) is 17.0. The maximum atomic E-state index is 12.7. The summed E-state index contributed by atoms with van der Waals surface area (Å²) in [6, 6.07) is 7.80. The Balaban J connectivity index is 1.74. The summed E-state index contributed by atoms with van der Waals surface area (Å²) in [6.45, 7) is 8.74. The Bertz CT molecular complexity index is 917. The zero-order chi connectivity index (χ0) is 19.9. The standard InChI is InChI=1S/C22H29N3O2/c1-14(2)11-17-20(22(17,3)4)21(27)23-16-7-8-18-15(12-16)9-10-25(18)13-19(26)24(5)6/h7-12,17,20H,13H2,1-6H3,(H,23,27)/t17-,20+/m1/s1. The molecule has 144 valence electrons. The molecule has 0 spiro atoms. The van der Waals surface area contributed by atoms with Crippen molar-refractivity contribution < 1.29 is 9.59 Å². The van der Waals surface area contributed by atoms with Gasteiger partial charge in [-0.15, -0.1) is 0 Å². The molecule has 3 rings (SSSR count). The Kier molecular flexibility index (Phi) is 4.89. The Morgan fingerprint density at radius 1 is 1.22 bits per heavy atom. The number of nitrogens with zero attached hydrogens (tertiary/aromatic N) is 2. The third kappa shape index (κ3) is 3.77. The molecule has 2 atom stereocenters. The number of fused-ring (bicyclic) bond motifs is 1. The Labute approximate surface area is 161 Å². The molecule has 0 aliphatic heterocycles. The number of amides is 2. The van der Waals surface area contributed by atoms with Crippen molar-refractivity contribution in [1.82, 2.24) is 9.47 Å². The zero-order valence-corrected chi connectivity index (χ0v) is 17.0. The second kappa shape index (κ2) is 6.87. The molecule has 0 radical (unpaired) electrons. The maximum absolute atomic E-state index is 12.7. The van der Waals surface area contributed by atoms with Crippen molar-refractivity contribution in [2.45, 2.75) is 34.2 Å². The van der Waals surface area contributed by atoms with Gasteiger partial charge in [-0.05, 0) is 49.4 Å². The van der Waals surface area contributed by atoms with Crippen molar-refractivity contribution in [2.24, 2.45) is 17.3 Å². The lowest BCUT2D eigenvalue weighted by Crippen LogP contribution is -2.25. The molecule has 0 saturated heterocycles. The van der Waals surface area contributed by atoms with Crippen LogP contribution in [0.5, 0.6) is 0 Å². The van der Waals surface area contributed by atoms with E-state index >= 15 is 0 Å². The summed E-state index contributed by atoms with van der Waals surface area (Å²) < 4.78 is 1.93. The highest BCUT2D eigenvalue weighted by Crippen LogP contribution is 2.59. The lowest BCUT2D eigenvalue weighted by atomic mass is 10.1. The maximum Gasteiger partial charge on any atom is 0.241 e. The minimum Gasteiger partial charge on any atom is -0.347 e. The molecule has 2 amide bonds. The number of carbonyl (C=O) groups is 2. The molecule has 0 bridgehead atoms. The summed E-state index contributed by atoms with van der Waals surface area (Å²) in [5.41, 5.74) is 3.03. The van der Waals surface area contributed by atoms with Gasteiger partial charge in [0.2, 0.25) is 11.8 Å². The predicted octanol–water partition coefficient (Wildman–Crippen LogP) is 3.91. The Morgan fingerprint density at radius 3 is 2.56 bits per heavy atom. The van der Waals surface area contributed by atoms with Gasteiger partial charge in [0.25, 0.3) is 0 Å². The summed E-state index contributed by atoms with van der Waals surface area (Å²) in [5.74, 6) is 0.421. The summed E-state index contributed by atoms with van der Waals surface area (Å²) in [7, 11) is 3.51. The molecule has 1 aromatic heterocycles. The van der Waals surface area contributed by atoms with Crippen molar-refractivity contribution in [2.75, 3.05) is 19.4 Å². The van der Waals surface area contributed by atoms with E-state index in [-0.39, 0.29) is 23.1 Å². The van der Waals surface area contributed by atoms with E-state index in [0.717, 1.165) is 16.6 Å². The molecular formula is C22H29N3O2. The smallest absolute Gasteiger partial charge is 0.241 e. The van der Waals surface area contributed by atoms with E-state index in [1.54, 1.807) is 19.0 Å². The molecule has 2 aromatic rings. The van der Waals surface area contributed by atoms with E-state index in [2.05, 4.69) is 39.1 Å². The van der Waals surface area contributed by atoms with Crippen LogP contribution in [0.3, 0.4) is 0 Å². The first-order chi connectivity index (χ1) is 12.6. The van der Waals surface area contributed by atoms with Gasteiger partial charge in [-0.25, -0.2) is 0 Å². The lowest BCUT2D eigenvalue weighted by molar-refractivity contribution is -0.129. The normalized spacial score (nSPS) is 20.2. The third-order valence-corrected chi connectivity index (χ3v) is 5.55. The summed E-state index contributed by atoms with van der Waals surface area (Å²) in [6.07, 6.45) is 4.11. The first-order valence-corrected chi connectivity index (χ1v) is 9.36. The number of nitrogens with one attached hydrogen (secondary N) is 1. The van der Waals surface area contributed by atoms with Crippen LogP contribution in [0.25, 0.3) is 10.9 Å². The van der Waals surface area contributed by atoms with Gasteiger partial charge in [-0.3, -0.25) is 9.59 Å². The van der Waals surface area contributed by atoms with Gasteiger partial charge >= 0.3 is 0 Å². The SMILES string of the molecule is CC(C)=C[C@@H]1[C@@H](C(=O)Nc2ccc3c(ccn3CC(=O)N(C)C)c2)C1(C)C. The second-order valence-corrected chi connectivity index (χ2v) is 8.56. The molecule has 1 aromatic carbocycles. The largest absolute Gasteiger partial charge is 0.347 e. The molecule has 5 nitrogen and oxygen atoms in total. The number of benzene rings is 1. The quantitative estimate of drug-likeness (QED) is 0.815. The van der Waals surface area contributed by atoms with E-state index in [0.29, 0.717) is 12.5 Å². The molecular weight excluding hydrogens is 338 g/mol. The van der Waals surface area contributed by atoms with Gasteiger partial charge in [0, 0.05) is 36.9 Å². The van der Waals surface area contributed by atoms with E-state index in [1.165, 1.54) is 5.57 Å². The first-order valence-electron chi connectivity index (χ1n) is 9.36. The molecule has 1 aliphatic carbocycles. The summed E-state index contributed by atoms with van der Waals surface area (Å²) in [5, 5.41) is 4.08. The van der Waals surface area contributed by atoms with Crippen LogP contribution in [0.15, 0.2) is 42.1 Å². The monoisotopic (exact) mass is 367 g/mol. The number of likely N-dealkylation sites (N-methyl/N-ethyl adjacent to an activating group) is 1. The van der Waals surface area contributed by atoms with E-state index < -0.39 is 0 Å². The van der Waals surface area contributed by atoms with Crippen LogP contribution in [-0.2, 0) is 16.1 Å². The van der Waals surface area contributed by atoms with E-state index in [9.17, 15) is 9.59 Å². The van der Waals surface area contributed by atoms with Gasteiger partial charge in [-0.2, -0.15) is 0 Å². The number of aromatic nitrogens is 1. The highest BCUT2D eigenvalue weighted by molar-refractivity contribution is 5.97. The van der Waals surface area contributed by atoms with Crippen molar-refractivity contribution in [3.8, 4) is 0 Å². The Hall–Kier alpha value is -2.56. The Morgan fingerprint density at radius 2 is 1.93 bits per heavy atom. The minimum atomic E-state index is 0.00131. The van der Waals surface area contributed by atoms with Crippen LogP contribution < -0.4 is 5.32 Å². The molecule has 1 N–H and O–H groups in total. The third-order valence-electron chi connectivity index (χ3n) is 5.55. The number of carbonyl (C=O) groups excluding carboxylic acids is 2. The number of rotatable bonds is 5. The summed E-state index contributed by atoms with van der Waals surface area (Å²) >= 11 is 0. The van der Waals surface area contributed by atoms with Gasteiger partial charge in [0.05, 0.1) is 5.92 Å². The fourth-order valence-electron chi connectivity index (χ4n) is 3.77. The van der Waals surface area contributed by atoms with E-state index in [4.69, 9.17) is 0 Å². The molecule has 1 heterocycles. The van der Waals surface area contributed by atoms with Crippen LogP contribution >= 0.6 is 0 Å². The van der Waals surface area contributed by atoms with Crippen LogP contribution in [0.4, 0.5) is 5.69 Å².